The summed E-state index contributed by atoms with van der Waals surface area (Å²) in [7, 11) is 0. The average molecular weight is 465 g/mol. The Balaban J connectivity index is 1.45. The highest BCUT2D eigenvalue weighted by Crippen LogP contribution is 2.64. The van der Waals surface area contributed by atoms with Crippen LogP contribution in [0.5, 0.6) is 0 Å². The summed E-state index contributed by atoms with van der Waals surface area (Å²) in [4.78, 5) is 0. The van der Waals surface area contributed by atoms with Gasteiger partial charge in [0.25, 0.3) is 0 Å². The van der Waals surface area contributed by atoms with Crippen LogP contribution in [-0.2, 0) is 12.0 Å². The molecule has 0 bridgehead atoms. The first-order chi connectivity index (χ1) is 17.7. The fraction of sp³-hybridized carbons (Fsp3) is 0.176. The minimum atomic E-state index is -0.0887. The van der Waals surface area contributed by atoms with Gasteiger partial charge in [-0.2, -0.15) is 9.13 Å². The lowest BCUT2D eigenvalue weighted by molar-refractivity contribution is -0.837. The van der Waals surface area contributed by atoms with E-state index in [0.29, 0.717) is 17.9 Å². The number of aromatic nitrogens is 2. The largest absolute Gasteiger partial charge is 0.220 e. The van der Waals surface area contributed by atoms with Gasteiger partial charge in [-0.15, -0.1) is 6.58 Å². The van der Waals surface area contributed by atoms with E-state index in [2.05, 4.69) is 132 Å². The first-order valence-electron chi connectivity index (χ1n) is 13.0. The van der Waals surface area contributed by atoms with Crippen molar-refractivity contribution in [2.45, 2.75) is 30.8 Å². The molecule has 2 nitrogen and oxygen atoms in total. The van der Waals surface area contributed by atoms with Crippen LogP contribution >= 0.6 is 0 Å². The normalized spacial score (nSPS) is 24.6. The standard InChI is InChI=1S/C34H28N2/c1-3-29-33-31(34(29)20-24-11-5-6-12-25(24)30-17-16-22(2)21-36(30)34)27-14-8-9-15-28(27)32-26-13-7-4-10-23(26)18-19-35(32)33/h3-19,21,29,31,33H,1,20H2,2H3/q+2. The van der Waals surface area contributed by atoms with E-state index in [1.807, 2.05) is 0 Å². The Hall–Kier alpha value is -4.04. The van der Waals surface area contributed by atoms with Gasteiger partial charge in [0.2, 0.25) is 11.4 Å². The molecule has 0 amide bonds. The third kappa shape index (κ3) is 2.32. The molecule has 4 heterocycles. The van der Waals surface area contributed by atoms with Gasteiger partial charge < -0.3 is 0 Å². The van der Waals surface area contributed by atoms with Crippen LogP contribution in [0.4, 0.5) is 0 Å². The van der Waals surface area contributed by atoms with Crippen LogP contribution in [0.2, 0.25) is 0 Å². The summed E-state index contributed by atoms with van der Waals surface area (Å²) in [5.41, 5.74) is 9.51. The van der Waals surface area contributed by atoms with Crippen LogP contribution in [0, 0.1) is 12.8 Å². The molecule has 2 heteroatoms. The van der Waals surface area contributed by atoms with Crippen LogP contribution in [-0.4, -0.2) is 0 Å². The fourth-order valence-electron chi connectivity index (χ4n) is 7.79. The fourth-order valence-corrected chi connectivity index (χ4v) is 7.79. The minimum absolute atomic E-state index is 0.0887. The molecule has 1 fully saturated rings. The summed E-state index contributed by atoms with van der Waals surface area (Å²) < 4.78 is 5.20. The van der Waals surface area contributed by atoms with Gasteiger partial charge in [-0.25, -0.2) is 0 Å². The van der Waals surface area contributed by atoms with Gasteiger partial charge in [0.1, 0.15) is 11.8 Å². The maximum atomic E-state index is 4.44. The summed E-state index contributed by atoms with van der Waals surface area (Å²) >= 11 is 0. The van der Waals surface area contributed by atoms with Gasteiger partial charge in [0.15, 0.2) is 24.0 Å². The van der Waals surface area contributed by atoms with Crippen LogP contribution in [0.3, 0.4) is 0 Å². The first kappa shape index (κ1) is 20.2. The van der Waals surface area contributed by atoms with E-state index >= 15 is 0 Å². The van der Waals surface area contributed by atoms with E-state index in [9.17, 15) is 0 Å². The lowest BCUT2D eigenvalue weighted by Gasteiger charge is -2.56. The lowest BCUT2D eigenvalue weighted by Crippen LogP contribution is -2.80. The summed E-state index contributed by atoms with van der Waals surface area (Å²) in [5.74, 6) is 0.661. The SMILES string of the molecule is C=CC1C2C(c3ccccc3-c3c4ccccc4cc[n+]32)C12Cc1ccccc1-c1ccc(C)c[n+]12. The van der Waals surface area contributed by atoms with Gasteiger partial charge in [-0.3, -0.25) is 0 Å². The number of aryl methyl sites for hydroxylation is 1. The molecule has 5 aromatic rings. The van der Waals surface area contributed by atoms with Crippen LogP contribution in [0.25, 0.3) is 33.3 Å². The monoisotopic (exact) mass is 464 g/mol. The van der Waals surface area contributed by atoms with Crippen LogP contribution in [0.15, 0.2) is 116 Å². The number of hydrogen-bond acceptors (Lipinski definition) is 0. The number of fused-ring (bicyclic) bond motifs is 13. The Morgan fingerprint density at radius 2 is 1.64 bits per heavy atom. The predicted molar refractivity (Wildman–Crippen MR) is 144 cm³/mol. The molecule has 8 rings (SSSR count). The minimum Gasteiger partial charge on any atom is -0.193 e. The predicted octanol–water partition coefficient (Wildman–Crippen LogP) is 6.46. The van der Waals surface area contributed by atoms with Crippen molar-refractivity contribution in [3.05, 3.63) is 133 Å². The van der Waals surface area contributed by atoms with Gasteiger partial charge in [-0.1, -0.05) is 60.7 Å². The van der Waals surface area contributed by atoms with Crippen LogP contribution in [0.1, 0.15) is 28.7 Å². The molecule has 3 aromatic carbocycles. The zero-order valence-electron chi connectivity index (χ0n) is 20.4. The van der Waals surface area contributed by atoms with E-state index in [1.165, 1.54) is 50.0 Å². The van der Waals surface area contributed by atoms with Crippen molar-refractivity contribution in [3.8, 4) is 22.5 Å². The van der Waals surface area contributed by atoms with Gasteiger partial charge >= 0.3 is 0 Å². The van der Waals surface area contributed by atoms with Gasteiger partial charge in [-0.05, 0) is 47.7 Å². The van der Waals surface area contributed by atoms with E-state index in [-0.39, 0.29) is 5.54 Å². The molecule has 0 N–H and O–H groups in total. The number of hydrogen-bond donors (Lipinski definition) is 0. The van der Waals surface area contributed by atoms with E-state index in [1.54, 1.807) is 0 Å². The number of benzene rings is 3. The molecule has 1 spiro atoms. The van der Waals surface area contributed by atoms with Gasteiger partial charge in [0.05, 0.1) is 10.9 Å². The van der Waals surface area contributed by atoms with E-state index in [0.717, 1.165) is 6.42 Å². The highest BCUT2D eigenvalue weighted by molar-refractivity contribution is 5.94. The van der Waals surface area contributed by atoms with E-state index < -0.39 is 0 Å². The van der Waals surface area contributed by atoms with E-state index in [4.69, 9.17) is 0 Å². The maximum absolute atomic E-state index is 4.44. The smallest absolute Gasteiger partial charge is 0.193 e. The summed E-state index contributed by atoms with van der Waals surface area (Å²) in [6, 6.07) is 34.1. The van der Waals surface area contributed by atoms with Crippen molar-refractivity contribution in [1.29, 1.82) is 0 Å². The highest BCUT2D eigenvalue weighted by atomic mass is 15.2. The summed E-state index contributed by atoms with van der Waals surface area (Å²) in [6.07, 6.45) is 7.97. The number of nitrogens with zero attached hydrogens (tertiary/aromatic N) is 2. The summed E-state index contributed by atoms with van der Waals surface area (Å²) in [5, 5.41) is 2.62. The number of rotatable bonds is 1. The number of pyridine rings is 2. The van der Waals surface area contributed by atoms with Crippen molar-refractivity contribution in [1.82, 2.24) is 0 Å². The summed E-state index contributed by atoms with van der Waals surface area (Å²) in [6.45, 7) is 6.65. The molecular formula is C34H28N2+2. The molecule has 0 radical (unpaired) electrons. The molecule has 3 aliphatic rings. The molecule has 36 heavy (non-hydrogen) atoms. The molecule has 1 saturated carbocycles. The van der Waals surface area contributed by atoms with Gasteiger partial charge in [0, 0.05) is 29.7 Å². The van der Waals surface area contributed by atoms with Crippen molar-refractivity contribution >= 4 is 10.8 Å². The topological polar surface area (TPSA) is 7.76 Å². The zero-order valence-corrected chi connectivity index (χ0v) is 20.4. The second-order valence-electron chi connectivity index (χ2n) is 10.8. The highest BCUT2D eigenvalue weighted by Gasteiger charge is 2.75. The van der Waals surface area contributed by atoms with Crippen molar-refractivity contribution in [2.75, 3.05) is 0 Å². The molecule has 2 aromatic heterocycles. The second-order valence-corrected chi connectivity index (χ2v) is 10.8. The van der Waals surface area contributed by atoms with Crippen molar-refractivity contribution in [2.24, 2.45) is 5.92 Å². The third-order valence-corrected chi connectivity index (χ3v) is 9.15. The Bertz CT molecular complexity index is 1730. The van der Waals surface area contributed by atoms with Crippen molar-refractivity contribution < 1.29 is 9.13 Å². The molecular weight excluding hydrogens is 436 g/mol. The van der Waals surface area contributed by atoms with Crippen LogP contribution < -0.4 is 9.13 Å². The van der Waals surface area contributed by atoms with Crippen molar-refractivity contribution in [3.63, 3.8) is 0 Å². The molecule has 1 aliphatic carbocycles. The quantitative estimate of drug-likeness (QED) is 0.199. The Kier molecular flexibility index (Phi) is 3.93. The Morgan fingerprint density at radius 3 is 2.53 bits per heavy atom. The molecule has 0 saturated heterocycles. The molecule has 2 aliphatic heterocycles. The first-order valence-corrected chi connectivity index (χ1v) is 13.0. The Morgan fingerprint density at radius 1 is 0.861 bits per heavy atom. The molecule has 4 unspecified atom stereocenters. The maximum Gasteiger partial charge on any atom is 0.220 e. The second kappa shape index (κ2) is 7.01. The number of allylic oxidation sites excluding steroid dienone is 1. The average Bonchev–Trinajstić information content (AvgIpc) is 2.91. The molecule has 172 valence electrons. The third-order valence-electron chi connectivity index (χ3n) is 9.15. The Labute approximate surface area is 211 Å². The zero-order chi connectivity index (χ0) is 24.0. The lowest BCUT2D eigenvalue weighted by atomic mass is 9.48. The molecule has 4 atom stereocenters.